The van der Waals surface area contributed by atoms with Gasteiger partial charge in [0.15, 0.2) is 11.5 Å². The minimum absolute atomic E-state index is 0.217. The molecule has 0 radical (unpaired) electrons. The molecule has 0 aliphatic heterocycles. The van der Waals surface area contributed by atoms with E-state index in [2.05, 4.69) is 24.3 Å². The molecule has 0 saturated heterocycles. The van der Waals surface area contributed by atoms with Crippen molar-refractivity contribution in [3.8, 4) is 11.5 Å². The van der Waals surface area contributed by atoms with E-state index < -0.39 is 0 Å². The summed E-state index contributed by atoms with van der Waals surface area (Å²) in [5, 5.41) is 7.75. The van der Waals surface area contributed by atoms with E-state index in [9.17, 15) is 4.79 Å². The number of benzene rings is 1. The van der Waals surface area contributed by atoms with Gasteiger partial charge in [-0.1, -0.05) is 37.6 Å². The van der Waals surface area contributed by atoms with Crippen LogP contribution in [0.3, 0.4) is 0 Å². The molecule has 27 heavy (non-hydrogen) atoms. The van der Waals surface area contributed by atoms with Crippen molar-refractivity contribution < 1.29 is 14.3 Å². The van der Waals surface area contributed by atoms with Gasteiger partial charge >= 0.3 is 0 Å². The summed E-state index contributed by atoms with van der Waals surface area (Å²) in [6.45, 7) is 7.53. The molecule has 0 unspecified atom stereocenters. The van der Waals surface area contributed by atoms with Crippen LogP contribution in [0.1, 0.15) is 25.1 Å². The normalized spacial score (nSPS) is 11.2. The fourth-order valence-electron chi connectivity index (χ4n) is 2.51. The van der Waals surface area contributed by atoms with E-state index in [1.165, 1.54) is 6.08 Å². The lowest BCUT2D eigenvalue weighted by molar-refractivity contribution is -0.116. The summed E-state index contributed by atoms with van der Waals surface area (Å²) in [5.41, 5.74) is 1.56. The van der Waals surface area contributed by atoms with Crippen LogP contribution in [0.2, 0.25) is 5.15 Å². The van der Waals surface area contributed by atoms with Crippen LogP contribution in [0.25, 0.3) is 6.08 Å². The molecule has 2 rings (SSSR count). The van der Waals surface area contributed by atoms with E-state index in [1.54, 1.807) is 17.9 Å². The molecule has 0 aliphatic carbocycles. The van der Waals surface area contributed by atoms with Crippen LogP contribution in [0.15, 0.2) is 30.3 Å². The molecule has 2 aromatic rings. The van der Waals surface area contributed by atoms with Crippen molar-refractivity contribution in [3.63, 3.8) is 0 Å². The summed E-state index contributed by atoms with van der Waals surface area (Å²) >= 11 is 6.37. The summed E-state index contributed by atoms with van der Waals surface area (Å²) in [5.74, 6) is 1.52. The van der Waals surface area contributed by atoms with Gasteiger partial charge in [0, 0.05) is 18.2 Å². The van der Waals surface area contributed by atoms with Crippen molar-refractivity contribution in [2.75, 3.05) is 20.3 Å². The molecule has 1 N–H and O–H groups in total. The Bertz CT molecular complexity index is 800. The maximum absolute atomic E-state index is 12.0. The average molecular weight is 392 g/mol. The monoisotopic (exact) mass is 391 g/mol. The number of ether oxygens (including phenoxy) is 2. The first-order chi connectivity index (χ1) is 12.9. The number of rotatable bonds is 9. The Labute approximate surface area is 165 Å². The Balaban J connectivity index is 1.84. The second-order valence-corrected chi connectivity index (χ2v) is 6.85. The van der Waals surface area contributed by atoms with Crippen LogP contribution in [0.4, 0.5) is 0 Å². The molecule has 1 heterocycles. The molecule has 0 fully saturated rings. The fraction of sp³-hybridized carbons (Fsp3) is 0.400. The van der Waals surface area contributed by atoms with Crippen molar-refractivity contribution in [2.45, 2.75) is 27.3 Å². The third kappa shape index (κ3) is 6.03. The number of nitrogens with zero attached hydrogens (tertiary/aromatic N) is 2. The second-order valence-electron chi connectivity index (χ2n) is 6.49. The lowest BCUT2D eigenvalue weighted by atomic mass is 10.2. The predicted octanol–water partition coefficient (Wildman–Crippen LogP) is 3.72. The Morgan fingerprint density at radius 1 is 1.33 bits per heavy atom. The van der Waals surface area contributed by atoms with Crippen LogP contribution in [-0.2, 0) is 11.3 Å². The van der Waals surface area contributed by atoms with Gasteiger partial charge in [0.05, 0.1) is 19.3 Å². The first-order valence-electron chi connectivity index (χ1n) is 8.87. The fourth-order valence-corrected chi connectivity index (χ4v) is 2.82. The molecular formula is C20H26ClN3O3. The summed E-state index contributed by atoms with van der Waals surface area (Å²) in [4.78, 5) is 12.0. The summed E-state index contributed by atoms with van der Waals surface area (Å²) in [6.07, 6.45) is 3.15. The number of hydrogen-bond acceptors (Lipinski definition) is 4. The number of halogens is 1. The van der Waals surface area contributed by atoms with E-state index in [0.717, 1.165) is 17.8 Å². The highest BCUT2D eigenvalue weighted by atomic mass is 35.5. The quantitative estimate of drug-likeness (QED) is 0.522. The van der Waals surface area contributed by atoms with Crippen molar-refractivity contribution in [1.29, 1.82) is 0 Å². The molecule has 1 aromatic heterocycles. The summed E-state index contributed by atoms with van der Waals surface area (Å²) in [6, 6.07) is 7.38. The molecule has 1 aromatic carbocycles. The highest BCUT2D eigenvalue weighted by Gasteiger charge is 2.12. The lowest BCUT2D eigenvalue weighted by Gasteiger charge is -2.10. The topological polar surface area (TPSA) is 65.4 Å². The first-order valence-corrected chi connectivity index (χ1v) is 9.24. The molecule has 7 heteroatoms. The van der Waals surface area contributed by atoms with Crippen LogP contribution >= 0.6 is 11.6 Å². The van der Waals surface area contributed by atoms with Gasteiger partial charge in [-0.05, 0) is 31.1 Å². The van der Waals surface area contributed by atoms with Crippen molar-refractivity contribution in [3.05, 3.63) is 46.8 Å². The van der Waals surface area contributed by atoms with E-state index in [0.29, 0.717) is 35.7 Å². The Morgan fingerprint density at radius 3 is 2.70 bits per heavy atom. The molecule has 146 valence electrons. The highest BCUT2D eigenvalue weighted by Crippen LogP contribution is 2.25. The number of carbonyl (C=O) groups excluding carboxylic acids is 1. The van der Waals surface area contributed by atoms with Crippen molar-refractivity contribution in [2.24, 2.45) is 5.92 Å². The van der Waals surface area contributed by atoms with Crippen LogP contribution in [0.5, 0.6) is 11.5 Å². The predicted molar refractivity (Wildman–Crippen MR) is 107 cm³/mol. The standard InChI is InChI=1S/C20H26ClN3O3/c1-14(2)13-24-20(21)16(15(3)23-24)9-10-19(25)22-11-12-27-18-8-6-5-7-17(18)26-4/h5-10,14H,11-13H2,1-4H3,(H,22,25)/b10-9+. The smallest absolute Gasteiger partial charge is 0.244 e. The number of methoxy groups -OCH3 is 1. The number of para-hydroxylation sites is 2. The molecule has 1 amide bonds. The number of carbonyl (C=O) groups is 1. The Morgan fingerprint density at radius 2 is 2.04 bits per heavy atom. The van der Waals surface area contributed by atoms with Gasteiger partial charge in [0.1, 0.15) is 11.8 Å². The molecular weight excluding hydrogens is 366 g/mol. The largest absolute Gasteiger partial charge is 0.493 e. The van der Waals surface area contributed by atoms with Gasteiger partial charge < -0.3 is 14.8 Å². The number of nitrogens with one attached hydrogen (secondary N) is 1. The molecule has 0 atom stereocenters. The van der Waals surface area contributed by atoms with Gasteiger partial charge in [0.25, 0.3) is 0 Å². The number of hydrogen-bond donors (Lipinski definition) is 1. The lowest BCUT2D eigenvalue weighted by Crippen LogP contribution is -2.26. The summed E-state index contributed by atoms with van der Waals surface area (Å²) < 4.78 is 12.6. The molecule has 0 saturated carbocycles. The second kappa shape index (κ2) is 10.0. The van der Waals surface area contributed by atoms with Crippen LogP contribution in [-0.4, -0.2) is 35.9 Å². The van der Waals surface area contributed by atoms with Gasteiger partial charge in [-0.25, -0.2) is 0 Å². The maximum Gasteiger partial charge on any atom is 0.244 e. The van der Waals surface area contributed by atoms with E-state index >= 15 is 0 Å². The first kappa shape index (κ1) is 20.8. The number of aromatic nitrogens is 2. The molecule has 0 aliphatic rings. The van der Waals surface area contributed by atoms with E-state index in [1.807, 2.05) is 31.2 Å². The zero-order valence-electron chi connectivity index (χ0n) is 16.2. The van der Waals surface area contributed by atoms with Crippen molar-refractivity contribution >= 4 is 23.6 Å². The SMILES string of the molecule is COc1ccccc1OCCNC(=O)/C=C/c1c(C)nn(CC(C)C)c1Cl. The zero-order valence-corrected chi connectivity index (χ0v) is 16.9. The van der Waals surface area contributed by atoms with Crippen LogP contribution < -0.4 is 14.8 Å². The van der Waals surface area contributed by atoms with Gasteiger partial charge in [-0.2, -0.15) is 5.10 Å². The van der Waals surface area contributed by atoms with E-state index in [4.69, 9.17) is 21.1 Å². The minimum atomic E-state index is -0.217. The van der Waals surface area contributed by atoms with Gasteiger partial charge in [-0.15, -0.1) is 0 Å². The van der Waals surface area contributed by atoms with Crippen LogP contribution in [0, 0.1) is 12.8 Å². The number of aryl methyl sites for hydroxylation is 1. The van der Waals surface area contributed by atoms with Crippen molar-refractivity contribution in [1.82, 2.24) is 15.1 Å². The third-order valence-electron chi connectivity index (χ3n) is 3.78. The third-order valence-corrected chi connectivity index (χ3v) is 4.18. The van der Waals surface area contributed by atoms with Gasteiger partial charge in [0.2, 0.25) is 5.91 Å². The van der Waals surface area contributed by atoms with E-state index in [-0.39, 0.29) is 5.91 Å². The average Bonchev–Trinajstić information content (AvgIpc) is 2.89. The zero-order chi connectivity index (χ0) is 19.8. The maximum atomic E-state index is 12.0. The number of amides is 1. The Kier molecular flexibility index (Phi) is 7.73. The van der Waals surface area contributed by atoms with Gasteiger partial charge in [-0.3, -0.25) is 9.48 Å². The minimum Gasteiger partial charge on any atom is -0.493 e. The molecule has 6 nitrogen and oxygen atoms in total. The Hall–Kier alpha value is -2.47. The summed E-state index contributed by atoms with van der Waals surface area (Å²) in [7, 11) is 1.59. The highest BCUT2D eigenvalue weighted by molar-refractivity contribution is 6.31. The molecule has 0 bridgehead atoms. The molecule has 0 spiro atoms.